The number of anilines is 1. The Morgan fingerprint density at radius 2 is 1.41 bits per heavy atom. The Bertz CT molecular complexity index is 1980. The molecule has 0 unspecified atom stereocenters. The molecule has 0 fully saturated rings. The van der Waals surface area contributed by atoms with Crippen LogP contribution >= 0.6 is 0 Å². The van der Waals surface area contributed by atoms with Crippen molar-refractivity contribution in [3.63, 3.8) is 0 Å². The molecule has 0 aromatic heterocycles. The second kappa shape index (κ2) is 11.9. The summed E-state index contributed by atoms with van der Waals surface area (Å²) in [5, 5.41) is 30.0. The highest BCUT2D eigenvalue weighted by molar-refractivity contribution is 7.92. The monoisotopic (exact) mass is 628 g/mol. The molecule has 0 aliphatic rings. The SMILES string of the molecule is CS(=O)(=O)c1cc([N+](=O)[O-])ccc1N=Nc1ccc(O)c2cccc(NS(=O)(=O)c3ccccc3)c12.O=S(=O)(F)F. The number of aromatic hydroxyl groups is 1. The summed E-state index contributed by atoms with van der Waals surface area (Å²) in [5.41, 5.74) is -0.353. The Hall–Kier alpha value is -4.55. The highest BCUT2D eigenvalue weighted by Crippen LogP contribution is 2.39. The van der Waals surface area contributed by atoms with Gasteiger partial charge in [-0.15, -0.1) is 10.2 Å². The van der Waals surface area contributed by atoms with Crippen LogP contribution in [0.15, 0.2) is 98.9 Å². The molecule has 0 saturated heterocycles. The van der Waals surface area contributed by atoms with E-state index in [9.17, 15) is 39.8 Å². The fraction of sp³-hybridized carbons (Fsp3) is 0.0435. The number of phenolic OH excluding ortho intramolecular Hbond substituents is 1. The van der Waals surface area contributed by atoms with E-state index in [0.717, 1.165) is 24.5 Å². The maximum Gasteiger partial charge on any atom is 0.476 e. The van der Waals surface area contributed by atoms with E-state index in [1.807, 2.05) is 0 Å². The lowest BCUT2D eigenvalue weighted by Gasteiger charge is -2.13. The summed E-state index contributed by atoms with van der Waals surface area (Å²) in [6.45, 7) is 0. The average Bonchev–Trinajstić information content (AvgIpc) is 2.87. The number of nitro benzene ring substituents is 1. The van der Waals surface area contributed by atoms with Crippen LogP contribution in [-0.2, 0) is 30.5 Å². The van der Waals surface area contributed by atoms with Crippen molar-refractivity contribution in [2.24, 2.45) is 10.2 Å². The maximum absolute atomic E-state index is 12.9. The van der Waals surface area contributed by atoms with Crippen LogP contribution < -0.4 is 4.72 Å². The largest absolute Gasteiger partial charge is 0.507 e. The van der Waals surface area contributed by atoms with Crippen molar-refractivity contribution >= 4 is 64.0 Å². The number of nitrogens with zero attached hydrogens (tertiary/aromatic N) is 3. The lowest BCUT2D eigenvalue weighted by molar-refractivity contribution is -0.385. The molecular formula is C23H18F2N4O9S3. The number of sulfone groups is 1. The molecule has 18 heteroatoms. The average molecular weight is 629 g/mol. The number of hydrogen-bond acceptors (Lipinski definition) is 11. The van der Waals surface area contributed by atoms with Crippen molar-refractivity contribution in [2.75, 3.05) is 11.0 Å². The second-order valence-electron chi connectivity index (χ2n) is 8.01. The molecule has 2 N–H and O–H groups in total. The molecule has 4 aromatic rings. The second-order valence-corrected chi connectivity index (χ2v) is 12.4. The molecule has 0 heterocycles. The van der Waals surface area contributed by atoms with Gasteiger partial charge in [0, 0.05) is 29.2 Å². The van der Waals surface area contributed by atoms with Crippen LogP contribution in [0.25, 0.3) is 10.8 Å². The number of azo groups is 1. The first-order valence-corrected chi connectivity index (χ1v) is 15.5. The molecule has 0 radical (unpaired) electrons. The number of nitrogens with one attached hydrogen (secondary N) is 1. The summed E-state index contributed by atoms with van der Waals surface area (Å²) in [6, 6.07) is 18.1. The predicted octanol–water partition coefficient (Wildman–Crippen LogP) is 5.24. The lowest BCUT2D eigenvalue weighted by atomic mass is 10.1. The normalized spacial score (nSPS) is 12.1. The highest BCUT2D eigenvalue weighted by Gasteiger charge is 2.20. The first-order chi connectivity index (χ1) is 19.0. The molecule has 4 aromatic carbocycles. The van der Waals surface area contributed by atoms with Gasteiger partial charge in [-0.3, -0.25) is 14.8 Å². The van der Waals surface area contributed by atoms with E-state index in [1.165, 1.54) is 30.3 Å². The van der Waals surface area contributed by atoms with Crippen molar-refractivity contribution in [3.8, 4) is 5.75 Å². The van der Waals surface area contributed by atoms with E-state index in [-0.39, 0.29) is 38.5 Å². The van der Waals surface area contributed by atoms with Crippen LogP contribution in [0.5, 0.6) is 5.75 Å². The molecule has 41 heavy (non-hydrogen) atoms. The van der Waals surface area contributed by atoms with Crippen LogP contribution in [0.1, 0.15) is 0 Å². The van der Waals surface area contributed by atoms with Crippen molar-refractivity contribution in [3.05, 3.63) is 89.0 Å². The summed E-state index contributed by atoms with van der Waals surface area (Å²) in [5.74, 6) is -0.142. The van der Waals surface area contributed by atoms with Crippen LogP contribution in [-0.4, -0.2) is 41.5 Å². The van der Waals surface area contributed by atoms with Gasteiger partial charge in [-0.25, -0.2) is 16.8 Å². The van der Waals surface area contributed by atoms with Crippen LogP contribution in [0.3, 0.4) is 0 Å². The topological polar surface area (TPSA) is 203 Å². The first-order valence-electron chi connectivity index (χ1n) is 10.8. The van der Waals surface area contributed by atoms with Crippen LogP contribution in [0.2, 0.25) is 0 Å². The Morgan fingerprint density at radius 1 is 0.829 bits per heavy atom. The number of non-ortho nitro benzene ring substituents is 1. The molecular weight excluding hydrogens is 610 g/mol. The number of fused-ring (bicyclic) bond motifs is 1. The minimum Gasteiger partial charge on any atom is -0.507 e. The number of hydrogen-bond donors (Lipinski definition) is 2. The van der Waals surface area contributed by atoms with Crippen molar-refractivity contribution in [1.29, 1.82) is 0 Å². The number of phenols is 1. The molecule has 0 aliphatic carbocycles. The lowest BCUT2D eigenvalue weighted by Crippen LogP contribution is -2.13. The Labute approximate surface area is 232 Å². The van der Waals surface area contributed by atoms with Gasteiger partial charge in [-0.05, 0) is 36.4 Å². The standard InChI is InChI=1S/C23H18N4O7S2.F2O2S/c1-35(31,32)22-14-15(27(29)30)10-11-18(22)24-25-19-12-13-21(28)17-8-5-9-20(23(17)19)26-36(33,34)16-6-3-2-4-7-16;1-5(2,3)4/h2-14,26,28H,1H3;. The zero-order valence-electron chi connectivity index (χ0n) is 20.5. The maximum atomic E-state index is 12.9. The number of sulfonamides is 1. The van der Waals surface area contributed by atoms with Gasteiger partial charge in [0.1, 0.15) is 16.3 Å². The summed E-state index contributed by atoms with van der Waals surface area (Å²) in [7, 11) is -13.6. The molecule has 0 aliphatic heterocycles. The van der Waals surface area contributed by atoms with Gasteiger partial charge in [0.05, 0.1) is 21.2 Å². The summed E-state index contributed by atoms with van der Waals surface area (Å²) in [4.78, 5) is 9.98. The Balaban J connectivity index is 0.000000850. The molecule has 4 rings (SSSR count). The third-order valence-corrected chi connectivity index (χ3v) is 7.62. The minimum atomic E-state index is -5.67. The summed E-state index contributed by atoms with van der Waals surface area (Å²) in [6.07, 6.45) is 0.886. The Kier molecular flexibility index (Phi) is 9.00. The fourth-order valence-corrected chi connectivity index (χ4v) is 5.36. The molecule has 0 atom stereocenters. The first kappa shape index (κ1) is 31.0. The van der Waals surface area contributed by atoms with E-state index in [4.69, 9.17) is 8.42 Å². The fourth-order valence-electron chi connectivity index (χ4n) is 3.45. The zero-order chi connectivity index (χ0) is 30.6. The van der Waals surface area contributed by atoms with Crippen molar-refractivity contribution < 1.29 is 43.1 Å². The van der Waals surface area contributed by atoms with E-state index in [2.05, 4.69) is 15.0 Å². The third kappa shape index (κ3) is 8.22. The van der Waals surface area contributed by atoms with E-state index < -0.39 is 46.0 Å². The number of rotatable bonds is 7. The van der Waals surface area contributed by atoms with Crippen LogP contribution in [0, 0.1) is 10.1 Å². The van der Waals surface area contributed by atoms with Gasteiger partial charge in [0.15, 0.2) is 9.84 Å². The van der Waals surface area contributed by atoms with Crippen molar-refractivity contribution in [1.82, 2.24) is 0 Å². The third-order valence-electron chi connectivity index (χ3n) is 5.11. The molecule has 0 amide bonds. The molecule has 13 nitrogen and oxygen atoms in total. The smallest absolute Gasteiger partial charge is 0.476 e. The van der Waals surface area contributed by atoms with E-state index >= 15 is 0 Å². The highest BCUT2D eigenvalue weighted by atomic mass is 32.3. The van der Waals surface area contributed by atoms with Gasteiger partial charge in [0.2, 0.25) is 0 Å². The summed E-state index contributed by atoms with van der Waals surface area (Å²) < 4.78 is 89.3. The van der Waals surface area contributed by atoms with Crippen molar-refractivity contribution in [2.45, 2.75) is 9.79 Å². The molecule has 0 saturated carbocycles. The molecule has 0 bridgehead atoms. The van der Waals surface area contributed by atoms with Gasteiger partial charge < -0.3 is 5.11 Å². The van der Waals surface area contributed by atoms with E-state index in [1.54, 1.807) is 30.3 Å². The van der Waals surface area contributed by atoms with Gasteiger partial charge in [0.25, 0.3) is 15.7 Å². The van der Waals surface area contributed by atoms with E-state index in [0.29, 0.717) is 0 Å². The quantitative estimate of drug-likeness (QED) is 0.119. The van der Waals surface area contributed by atoms with Gasteiger partial charge >= 0.3 is 10.6 Å². The molecule has 0 spiro atoms. The zero-order valence-corrected chi connectivity index (χ0v) is 23.0. The Morgan fingerprint density at radius 3 is 2.00 bits per heavy atom. The number of halogens is 2. The minimum absolute atomic E-state index is 0.0222. The number of nitro groups is 1. The van der Waals surface area contributed by atoms with Crippen LogP contribution in [0.4, 0.5) is 30.5 Å². The van der Waals surface area contributed by atoms with Gasteiger partial charge in [-0.2, -0.15) is 8.42 Å². The number of benzene rings is 4. The molecule has 216 valence electrons. The summed E-state index contributed by atoms with van der Waals surface area (Å²) >= 11 is 0. The van der Waals surface area contributed by atoms with Gasteiger partial charge in [-0.1, -0.05) is 38.1 Å². The predicted molar refractivity (Wildman–Crippen MR) is 144 cm³/mol.